The van der Waals surface area contributed by atoms with Crippen molar-refractivity contribution in [1.82, 2.24) is 25.9 Å². The van der Waals surface area contributed by atoms with Crippen LogP contribution in [0.5, 0.6) is 0 Å². The van der Waals surface area contributed by atoms with Crippen molar-refractivity contribution in [1.29, 1.82) is 0 Å². The maximum atomic E-state index is 12.8. The third kappa shape index (κ3) is 8.31. The van der Waals surface area contributed by atoms with E-state index >= 15 is 0 Å². The molecule has 0 aliphatic rings. The summed E-state index contributed by atoms with van der Waals surface area (Å²) in [6.07, 6.45) is 1.95. The molecule has 178 valence electrons. The number of aromatic nitrogens is 2. The third-order valence-electron chi connectivity index (χ3n) is 4.39. The molecule has 1 aromatic rings. The molecule has 0 aliphatic carbocycles. The first kappa shape index (κ1) is 26.5. The molecule has 0 radical (unpaired) electrons. The lowest BCUT2D eigenvalue weighted by Gasteiger charge is -2.25. The molecule has 0 saturated carbocycles. The molecule has 0 spiro atoms. The SMILES string of the molecule is CC(C)C(NC(=O)C(CO)NC(=O)C(Cc1cnc[nH]1)NC(=O)C(N)CC(=O)O)C(=O)O. The van der Waals surface area contributed by atoms with E-state index in [1.807, 2.05) is 0 Å². The van der Waals surface area contributed by atoms with E-state index in [9.17, 15) is 34.2 Å². The lowest BCUT2D eigenvalue weighted by atomic mass is 10.0. The highest BCUT2D eigenvalue weighted by Crippen LogP contribution is 2.04. The van der Waals surface area contributed by atoms with Gasteiger partial charge in [-0.3, -0.25) is 19.2 Å². The number of carboxylic acid groups (broad SMARTS) is 2. The van der Waals surface area contributed by atoms with E-state index in [2.05, 4.69) is 25.9 Å². The molecule has 9 N–H and O–H groups in total. The van der Waals surface area contributed by atoms with Crippen molar-refractivity contribution in [3.63, 3.8) is 0 Å². The van der Waals surface area contributed by atoms with Crippen molar-refractivity contribution in [2.75, 3.05) is 6.61 Å². The van der Waals surface area contributed by atoms with E-state index in [0.29, 0.717) is 5.69 Å². The average molecular weight is 456 g/mol. The molecular weight excluding hydrogens is 428 g/mol. The minimum Gasteiger partial charge on any atom is -0.481 e. The number of nitrogens with zero attached hydrogens (tertiary/aromatic N) is 1. The van der Waals surface area contributed by atoms with Crippen LogP contribution in [0.1, 0.15) is 26.0 Å². The zero-order valence-corrected chi connectivity index (χ0v) is 17.6. The first-order valence-corrected chi connectivity index (χ1v) is 9.65. The van der Waals surface area contributed by atoms with E-state index < -0.39 is 72.8 Å². The van der Waals surface area contributed by atoms with Gasteiger partial charge in [-0.2, -0.15) is 0 Å². The Bertz CT molecular complexity index is 812. The molecule has 4 atom stereocenters. The number of aliphatic hydroxyl groups excluding tert-OH is 1. The van der Waals surface area contributed by atoms with Gasteiger partial charge in [-0.25, -0.2) is 9.78 Å². The molecular formula is C18H28N6O8. The van der Waals surface area contributed by atoms with Crippen LogP contribution in [0.25, 0.3) is 0 Å². The summed E-state index contributed by atoms with van der Waals surface area (Å²) in [7, 11) is 0. The highest BCUT2D eigenvalue weighted by atomic mass is 16.4. The van der Waals surface area contributed by atoms with E-state index in [-0.39, 0.29) is 6.42 Å². The van der Waals surface area contributed by atoms with E-state index in [4.69, 9.17) is 10.8 Å². The number of carbonyl (C=O) groups excluding carboxylic acids is 3. The van der Waals surface area contributed by atoms with Crippen molar-refractivity contribution < 1.29 is 39.3 Å². The zero-order chi connectivity index (χ0) is 24.4. The Kier molecular flexibility index (Phi) is 10.2. The Morgan fingerprint density at radius 1 is 1.03 bits per heavy atom. The van der Waals surface area contributed by atoms with Gasteiger partial charge in [0.25, 0.3) is 0 Å². The molecule has 0 saturated heterocycles. The number of carboxylic acids is 2. The van der Waals surface area contributed by atoms with Crippen LogP contribution in [0.3, 0.4) is 0 Å². The number of nitrogens with two attached hydrogens (primary N) is 1. The second-order valence-electron chi connectivity index (χ2n) is 7.36. The summed E-state index contributed by atoms with van der Waals surface area (Å²) < 4.78 is 0. The molecule has 4 unspecified atom stereocenters. The number of H-pyrrole nitrogens is 1. The van der Waals surface area contributed by atoms with Gasteiger partial charge in [0.05, 0.1) is 25.4 Å². The number of imidazole rings is 1. The van der Waals surface area contributed by atoms with Crippen molar-refractivity contribution in [3.8, 4) is 0 Å². The Morgan fingerprint density at radius 2 is 1.62 bits per heavy atom. The summed E-state index contributed by atoms with van der Waals surface area (Å²) in [5.74, 6) is -5.79. The Labute approximate surface area is 183 Å². The van der Waals surface area contributed by atoms with Crippen LogP contribution in [0.15, 0.2) is 12.5 Å². The molecule has 0 fully saturated rings. The first-order valence-electron chi connectivity index (χ1n) is 9.65. The second kappa shape index (κ2) is 12.4. The van der Waals surface area contributed by atoms with E-state index in [1.165, 1.54) is 12.5 Å². The van der Waals surface area contributed by atoms with E-state index in [0.717, 1.165) is 0 Å². The summed E-state index contributed by atoms with van der Waals surface area (Å²) in [5.41, 5.74) is 5.96. The number of hydrogen-bond donors (Lipinski definition) is 8. The minimum atomic E-state index is -1.50. The average Bonchev–Trinajstić information content (AvgIpc) is 3.21. The summed E-state index contributed by atoms with van der Waals surface area (Å²) in [5, 5.41) is 34.3. The number of rotatable bonds is 13. The van der Waals surface area contributed by atoms with Crippen LogP contribution >= 0.6 is 0 Å². The fourth-order valence-electron chi connectivity index (χ4n) is 2.62. The number of aliphatic carboxylic acids is 2. The molecule has 14 nitrogen and oxygen atoms in total. The first-order chi connectivity index (χ1) is 15.0. The highest BCUT2D eigenvalue weighted by Gasteiger charge is 2.31. The van der Waals surface area contributed by atoms with Crippen LogP contribution in [0.4, 0.5) is 0 Å². The third-order valence-corrected chi connectivity index (χ3v) is 4.39. The van der Waals surface area contributed by atoms with Gasteiger partial charge in [0.2, 0.25) is 17.7 Å². The van der Waals surface area contributed by atoms with Gasteiger partial charge < -0.3 is 42.0 Å². The topological polar surface area (TPSA) is 237 Å². The number of hydrogen-bond acceptors (Lipinski definition) is 8. The predicted octanol–water partition coefficient (Wildman–Crippen LogP) is -3.06. The monoisotopic (exact) mass is 456 g/mol. The highest BCUT2D eigenvalue weighted by molar-refractivity contribution is 5.94. The van der Waals surface area contributed by atoms with Gasteiger partial charge in [-0.15, -0.1) is 0 Å². The number of aromatic amines is 1. The quantitative estimate of drug-likeness (QED) is 0.149. The van der Waals surface area contributed by atoms with Gasteiger partial charge >= 0.3 is 11.9 Å². The summed E-state index contributed by atoms with van der Waals surface area (Å²) >= 11 is 0. The molecule has 0 bridgehead atoms. The van der Waals surface area contributed by atoms with Crippen molar-refractivity contribution >= 4 is 29.7 Å². The van der Waals surface area contributed by atoms with Crippen LogP contribution in [0, 0.1) is 5.92 Å². The Morgan fingerprint density at radius 3 is 2.09 bits per heavy atom. The van der Waals surface area contributed by atoms with Crippen LogP contribution < -0.4 is 21.7 Å². The minimum absolute atomic E-state index is 0.110. The number of carbonyl (C=O) groups is 5. The lowest BCUT2D eigenvalue weighted by molar-refractivity contribution is -0.143. The van der Waals surface area contributed by atoms with Gasteiger partial charge in [0.1, 0.15) is 18.1 Å². The van der Waals surface area contributed by atoms with Crippen LogP contribution in [-0.4, -0.2) is 85.7 Å². The molecule has 14 heteroatoms. The normalized spacial score (nSPS) is 14.7. The van der Waals surface area contributed by atoms with Crippen molar-refractivity contribution in [2.45, 2.75) is 50.9 Å². The van der Waals surface area contributed by atoms with Gasteiger partial charge in [0, 0.05) is 18.3 Å². The maximum absolute atomic E-state index is 12.8. The summed E-state index contributed by atoms with van der Waals surface area (Å²) in [4.78, 5) is 65.9. The van der Waals surface area contributed by atoms with Gasteiger partial charge in [-0.05, 0) is 5.92 Å². The van der Waals surface area contributed by atoms with Crippen LogP contribution in [-0.2, 0) is 30.4 Å². The van der Waals surface area contributed by atoms with Crippen molar-refractivity contribution in [2.24, 2.45) is 11.7 Å². The molecule has 0 aromatic carbocycles. The second-order valence-corrected chi connectivity index (χ2v) is 7.36. The van der Waals surface area contributed by atoms with Gasteiger partial charge in [-0.1, -0.05) is 13.8 Å². The largest absolute Gasteiger partial charge is 0.481 e. The Balaban J connectivity index is 2.94. The maximum Gasteiger partial charge on any atom is 0.326 e. The molecule has 3 amide bonds. The number of nitrogens with one attached hydrogen (secondary N) is 4. The molecule has 32 heavy (non-hydrogen) atoms. The summed E-state index contributed by atoms with van der Waals surface area (Å²) in [6, 6.07) is -5.48. The zero-order valence-electron chi connectivity index (χ0n) is 17.6. The molecule has 1 heterocycles. The predicted molar refractivity (Wildman–Crippen MR) is 108 cm³/mol. The molecule has 1 aromatic heterocycles. The summed E-state index contributed by atoms with van der Waals surface area (Å²) in [6.45, 7) is 2.30. The fraction of sp³-hybridized carbons (Fsp3) is 0.556. The smallest absolute Gasteiger partial charge is 0.326 e. The van der Waals surface area contributed by atoms with Crippen molar-refractivity contribution in [3.05, 3.63) is 18.2 Å². The van der Waals surface area contributed by atoms with E-state index in [1.54, 1.807) is 13.8 Å². The Hall–Kier alpha value is -3.52. The number of aliphatic hydroxyl groups is 1. The van der Waals surface area contributed by atoms with Gasteiger partial charge in [0.15, 0.2) is 0 Å². The molecule has 1 rings (SSSR count). The lowest BCUT2D eigenvalue weighted by Crippen LogP contribution is -2.59. The van der Waals surface area contributed by atoms with Crippen LogP contribution in [0.2, 0.25) is 0 Å². The molecule has 0 aliphatic heterocycles. The standard InChI is InChI=1S/C18H28N6O8/c1-8(2)14(18(31)32)24-17(30)12(6-25)23-16(29)11(3-9-5-20-7-21-9)22-15(28)10(19)4-13(26)27/h5,7-8,10-12,14,25H,3-4,6,19H2,1-2H3,(H,20,21)(H,22,28)(H,23,29)(H,24,30)(H,26,27)(H,31,32). The number of amides is 3. The fourth-order valence-corrected chi connectivity index (χ4v) is 2.62.